The van der Waals surface area contributed by atoms with Gasteiger partial charge in [-0.15, -0.1) is 0 Å². The average molecular weight is 353 g/mol. The molecule has 0 aliphatic rings. The van der Waals surface area contributed by atoms with Crippen LogP contribution in [0, 0.1) is 12.7 Å². The number of rotatable bonds is 5. The highest BCUT2D eigenvalue weighted by Crippen LogP contribution is 2.36. The van der Waals surface area contributed by atoms with Gasteiger partial charge in [-0.1, -0.05) is 45.8 Å². The lowest BCUT2D eigenvalue weighted by atomic mass is 10.0. The molecule has 21 heavy (non-hydrogen) atoms. The van der Waals surface area contributed by atoms with Crippen molar-refractivity contribution in [3.05, 3.63) is 58.9 Å². The first-order chi connectivity index (χ1) is 10.0. The number of ether oxygens (including phenoxy) is 2. The smallest absolute Gasteiger partial charge is 0.163 e. The maximum atomic E-state index is 14.2. The van der Waals surface area contributed by atoms with Crippen molar-refractivity contribution in [1.82, 2.24) is 0 Å². The Morgan fingerprint density at radius 2 is 1.76 bits per heavy atom. The van der Waals surface area contributed by atoms with Crippen LogP contribution in [0.15, 0.2) is 36.4 Å². The van der Waals surface area contributed by atoms with Crippen molar-refractivity contribution >= 4 is 15.9 Å². The van der Waals surface area contributed by atoms with Gasteiger partial charge in [0.15, 0.2) is 11.5 Å². The number of methoxy groups -OCH3 is 2. The summed E-state index contributed by atoms with van der Waals surface area (Å²) in [6.45, 7) is 2.05. The van der Waals surface area contributed by atoms with E-state index < -0.39 is 0 Å². The molecule has 1 unspecified atom stereocenters. The molecule has 0 fully saturated rings. The van der Waals surface area contributed by atoms with E-state index in [0.29, 0.717) is 23.5 Å². The first kappa shape index (κ1) is 15.8. The van der Waals surface area contributed by atoms with E-state index in [0.717, 1.165) is 5.56 Å². The summed E-state index contributed by atoms with van der Waals surface area (Å²) in [5.41, 5.74) is 2.92. The summed E-state index contributed by atoms with van der Waals surface area (Å²) in [5.74, 6) is 0.624. The third kappa shape index (κ3) is 3.76. The fraction of sp³-hybridized carbons (Fsp3) is 0.294. The zero-order chi connectivity index (χ0) is 15.4. The molecule has 2 rings (SSSR count). The largest absolute Gasteiger partial charge is 0.493 e. The molecule has 0 heterocycles. The minimum Gasteiger partial charge on any atom is -0.493 e. The molecule has 0 saturated carbocycles. The number of benzene rings is 2. The topological polar surface area (TPSA) is 18.5 Å². The highest BCUT2D eigenvalue weighted by atomic mass is 79.9. The van der Waals surface area contributed by atoms with E-state index in [1.54, 1.807) is 13.2 Å². The molecule has 2 aromatic carbocycles. The molecule has 4 heteroatoms. The Hall–Kier alpha value is -1.55. The van der Waals surface area contributed by atoms with Crippen molar-refractivity contribution in [2.75, 3.05) is 14.2 Å². The van der Waals surface area contributed by atoms with E-state index >= 15 is 0 Å². The van der Waals surface area contributed by atoms with Gasteiger partial charge < -0.3 is 9.47 Å². The molecule has 0 radical (unpaired) electrons. The Kier molecular flexibility index (Phi) is 5.23. The van der Waals surface area contributed by atoms with E-state index in [1.807, 2.05) is 25.1 Å². The standard InChI is InChI=1S/C17H18BrFO2/c1-11-5-4-6-12(7-11)8-14(18)13-9-16(20-2)17(21-3)10-15(13)19/h4-7,9-10,14H,8H2,1-3H3. The third-order valence-electron chi connectivity index (χ3n) is 3.34. The fourth-order valence-corrected chi connectivity index (χ4v) is 2.99. The van der Waals surface area contributed by atoms with Crippen LogP contribution >= 0.6 is 15.9 Å². The lowest BCUT2D eigenvalue weighted by molar-refractivity contribution is 0.351. The number of halogens is 2. The quantitative estimate of drug-likeness (QED) is 0.717. The predicted molar refractivity (Wildman–Crippen MR) is 86.1 cm³/mol. The third-order valence-corrected chi connectivity index (χ3v) is 4.15. The summed E-state index contributed by atoms with van der Waals surface area (Å²) in [7, 11) is 3.04. The number of alkyl halides is 1. The van der Waals surface area contributed by atoms with Gasteiger partial charge in [-0.05, 0) is 25.0 Å². The Morgan fingerprint density at radius 1 is 1.10 bits per heavy atom. The molecule has 0 aliphatic carbocycles. The Balaban J connectivity index is 2.28. The molecular formula is C17H18BrFO2. The second-order valence-corrected chi connectivity index (χ2v) is 5.99. The van der Waals surface area contributed by atoms with Crippen LogP contribution in [0.25, 0.3) is 0 Å². The zero-order valence-corrected chi connectivity index (χ0v) is 13.9. The molecule has 1 atom stereocenters. The van der Waals surface area contributed by atoms with Crippen molar-refractivity contribution in [2.24, 2.45) is 0 Å². The van der Waals surface area contributed by atoms with Crippen LogP contribution in [0.5, 0.6) is 11.5 Å². The molecule has 0 N–H and O–H groups in total. The summed E-state index contributed by atoms with van der Waals surface area (Å²) in [6, 6.07) is 11.2. The summed E-state index contributed by atoms with van der Waals surface area (Å²) in [6.07, 6.45) is 0.702. The number of aryl methyl sites for hydroxylation is 1. The molecule has 0 bridgehead atoms. The van der Waals surface area contributed by atoms with E-state index in [9.17, 15) is 4.39 Å². The maximum Gasteiger partial charge on any atom is 0.163 e. The molecule has 0 amide bonds. The first-order valence-electron chi connectivity index (χ1n) is 6.66. The van der Waals surface area contributed by atoms with E-state index in [4.69, 9.17) is 9.47 Å². The minimum absolute atomic E-state index is 0.126. The molecule has 2 aromatic rings. The average Bonchev–Trinajstić information content (AvgIpc) is 2.46. The minimum atomic E-state index is -0.304. The van der Waals surface area contributed by atoms with Crippen LogP contribution in [0.3, 0.4) is 0 Å². The highest BCUT2D eigenvalue weighted by Gasteiger charge is 2.17. The van der Waals surface area contributed by atoms with Crippen LogP contribution in [0.1, 0.15) is 21.5 Å². The van der Waals surface area contributed by atoms with Gasteiger partial charge in [-0.2, -0.15) is 0 Å². The molecular weight excluding hydrogens is 335 g/mol. The van der Waals surface area contributed by atoms with Gasteiger partial charge in [0.25, 0.3) is 0 Å². The molecule has 2 nitrogen and oxygen atoms in total. The second kappa shape index (κ2) is 6.94. The Morgan fingerprint density at radius 3 is 2.38 bits per heavy atom. The van der Waals surface area contributed by atoms with Crippen molar-refractivity contribution in [3.63, 3.8) is 0 Å². The van der Waals surface area contributed by atoms with Crippen LogP contribution < -0.4 is 9.47 Å². The van der Waals surface area contributed by atoms with E-state index in [1.165, 1.54) is 18.7 Å². The van der Waals surface area contributed by atoms with Crippen molar-refractivity contribution in [1.29, 1.82) is 0 Å². The summed E-state index contributed by atoms with van der Waals surface area (Å²) in [4.78, 5) is -0.126. The maximum absolute atomic E-state index is 14.2. The van der Waals surface area contributed by atoms with Crippen LogP contribution in [0.2, 0.25) is 0 Å². The van der Waals surface area contributed by atoms with Gasteiger partial charge in [0.05, 0.1) is 14.2 Å². The fourth-order valence-electron chi connectivity index (χ4n) is 2.27. The second-order valence-electron chi connectivity index (χ2n) is 4.89. The normalized spacial score (nSPS) is 12.0. The molecule has 0 spiro atoms. The molecule has 112 valence electrons. The summed E-state index contributed by atoms with van der Waals surface area (Å²) < 4.78 is 24.6. The number of hydrogen-bond donors (Lipinski definition) is 0. The zero-order valence-electron chi connectivity index (χ0n) is 12.3. The van der Waals surface area contributed by atoms with Crippen LogP contribution in [0.4, 0.5) is 4.39 Å². The summed E-state index contributed by atoms with van der Waals surface area (Å²) in [5, 5.41) is 0. The predicted octanol–water partition coefficient (Wildman–Crippen LogP) is 4.83. The molecule has 0 aromatic heterocycles. The monoisotopic (exact) mass is 352 g/mol. The van der Waals surface area contributed by atoms with E-state index in [-0.39, 0.29) is 10.6 Å². The van der Waals surface area contributed by atoms with Gasteiger partial charge in [0.2, 0.25) is 0 Å². The number of hydrogen-bond acceptors (Lipinski definition) is 2. The Labute approximate surface area is 133 Å². The van der Waals surface area contributed by atoms with Crippen LogP contribution in [-0.2, 0) is 6.42 Å². The van der Waals surface area contributed by atoms with Gasteiger partial charge in [-0.3, -0.25) is 0 Å². The van der Waals surface area contributed by atoms with Crippen molar-refractivity contribution in [3.8, 4) is 11.5 Å². The summed E-state index contributed by atoms with van der Waals surface area (Å²) >= 11 is 3.57. The van der Waals surface area contributed by atoms with Gasteiger partial charge in [0, 0.05) is 16.5 Å². The van der Waals surface area contributed by atoms with Gasteiger partial charge in [-0.25, -0.2) is 4.39 Å². The SMILES string of the molecule is COc1cc(F)c(C(Br)Cc2cccc(C)c2)cc1OC. The Bertz CT molecular complexity index is 628. The first-order valence-corrected chi connectivity index (χ1v) is 7.57. The lowest BCUT2D eigenvalue weighted by Crippen LogP contribution is -2.01. The lowest BCUT2D eigenvalue weighted by Gasteiger charge is -2.15. The van der Waals surface area contributed by atoms with Crippen LogP contribution in [-0.4, -0.2) is 14.2 Å². The van der Waals surface area contributed by atoms with Crippen molar-refractivity contribution < 1.29 is 13.9 Å². The van der Waals surface area contributed by atoms with Crippen molar-refractivity contribution in [2.45, 2.75) is 18.2 Å². The van der Waals surface area contributed by atoms with Gasteiger partial charge >= 0.3 is 0 Å². The molecule has 0 aliphatic heterocycles. The molecule has 0 saturated heterocycles. The van der Waals surface area contributed by atoms with E-state index in [2.05, 4.69) is 22.0 Å². The van der Waals surface area contributed by atoms with Gasteiger partial charge in [0.1, 0.15) is 5.82 Å². The highest BCUT2D eigenvalue weighted by molar-refractivity contribution is 9.09.